The summed E-state index contributed by atoms with van der Waals surface area (Å²) in [4.78, 5) is 19.5. The Bertz CT molecular complexity index is 1340. The Kier molecular flexibility index (Phi) is 7.64. The third-order valence-electron chi connectivity index (χ3n) is 7.25. The summed E-state index contributed by atoms with van der Waals surface area (Å²) >= 11 is 0. The Morgan fingerprint density at radius 1 is 1.08 bits per heavy atom. The third kappa shape index (κ3) is 6.23. The molecule has 1 fully saturated rings. The molecule has 5 rings (SSSR count). The van der Waals surface area contributed by atoms with Crippen LogP contribution >= 0.6 is 0 Å². The SMILES string of the molecule is O=C(CN1CC[C@@H](NS(=O)(=O)c2ccccc2)C1)N[C@@H]1CCc2cc(F)ccc2[C@@H]1Cc1cccnc1. The fraction of sp³-hybridized carbons (Fsp3) is 0.357. The van der Waals surface area contributed by atoms with Crippen molar-refractivity contribution in [1.82, 2.24) is 19.9 Å². The van der Waals surface area contributed by atoms with Gasteiger partial charge >= 0.3 is 0 Å². The number of nitrogens with zero attached hydrogens (tertiary/aromatic N) is 2. The molecule has 0 saturated carbocycles. The zero-order chi connectivity index (χ0) is 25.8. The number of aromatic nitrogens is 1. The van der Waals surface area contributed by atoms with Crippen LogP contribution < -0.4 is 10.0 Å². The number of carbonyl (C=O) groups excluding carboxylic acids is 1. The molecule has 2 aromatic carbocycles. The van der Waals surface area contributed by atoms with E-state index in [0.29, 0.717) is 32.4 Å². The van der Waals surface area contributed by atoms with Gasteiger partial charge < -0.3 is 5.32 Å². The van der Waals surface area contributed by atoms with Gasteiger partial charge in [-0.1, -0.05) is 30.3 Å². The first-order valence-electron chi connectivity index (χ1n) is 12.6. The average Bonchev–Trinajstić information content (AvgIpc) is 3.32. The van der Waals surface area contributed by atoms with Crippen molar-refractivity contribution in [2.24, 2.45) is 0 Å². The van der Waals surface area contributed by atoms with Crippen molar-refractivity contribution in [3.05, 3.63) is 95.6 Å². The number of fused-ring (bicyclic) bond motifs is 1. The van der Waals surface area contributed by atoms with Gasteiger partial charge in [0.1, 0.15) is 5.82 Å². The van der Waals surface area contributed by atoms with Gasteiger partial charge in [-0.2, -0.15) is 0 Å². The van der Waals surface area contributed by atoms with Crippen LogP contribution in [0.4, 0.5) is 4.39 Å². The summed E-state index contributed by atoms with van der Waals surface area (Å²) < 4.78 is 42.0. The molecule has 7 nitrogen and oxygen atoms in total. The van der Waals surface area contributed by atoms with Crippen LogP contribution in [0.2, 0.25) is 0 Å². The number of rotatable bonds is 8. The van der Waals surface area contributed by atoms with E-state index in [9.17, 15) is 17.6 Å². The maximum absolute atomic E-state index is 13.9. The zero-order valence-electron chi connectivity index (χ0n) is 20.5. The highest BCUT2D eigenvalue weighted by atomic mass is 32.2. The number of halogens is 1. The van der Waals surface area contributed by atoms with E-state index in [0.717, 1.165) is 23.1 Å². The van der Waals surface area contributed by atoms with Crippen molar-refractivity contribution in [3.8, 4) is 0 Å². The molecular weight excluding hydrogens is 491 g/mol. The molecule has 37 heavy (non-hydrogen) atoms. The lowest BCUT2D eigenvalue weighted by Gasteiger charge is -2.35. The maximum Gasteiger partial charge on any atom is 0.240 e. The molecule has 0 radical (unpaired) electrons. The molecule has 2 heterocycles. The average molecular weight is 523 g/mol. The van der Waals surface area contributed by atoms with E-state index in [1.54, 1.807) is 42.6 Å². The number of amides is 1. The van der Waals surface area contributed by atoms with Gasteiger partial charge in [0.25, 0.3) is 0 Å². The highest BCUT2D eigenvalue weighted by Gasteiger charge is 2.33. The fourth-order valence-electron chi connectivity index (χ4n) is 5.49. The van der Waals surface area contributed by atoms with Gasteiger partial charge in [0.15, 0.2) is 0 Å². The van der Waals surface area contributed by atoms with E-state index in [1.807, 2.05) is 29.3 Å². The molecule has 0 bridgehead atoms. The normalized spacial score (nSPS) is 21.9. The van der Waals surface area contributed by atoms with Crippen LogP contribution in [0.3, 0.4) is 0 Å². The highest BCUT2D eigenvalue weighted by Crippen LogP contribution is 2.35. The number of carbonyl (C=O) groups is 1. The van der Waals surface area contributed by atoms with E-state index in [-0.39, 0.29) is 41.2 Å². The molecule has 194 valence electrons. The van der Waals surface area contributed by atoms with E-state index >= 15 is 0 Å². The molecule has 1 aliphatic carbocycles. The van der Waals surface area contributed by atoms with Crippen molar-refractivity contribution in [3.63, 3.8) is 0 Å². The summed E-state index contributed by atoms with van der Waals surface area (Å²) in [5.41, 5.74) is 3.13. The van der Waals surface area contributed by atoms with E-state index in [4.69, 9.17) is 0 Å². The Balaban J connectivity index is 1.21. The van der Waals surface area contributed by atoms with Crippen LogP contribution in [0, 0.1) is 5.82 Å². The van der Waals surface area contributed by atoms with E-state index in [2.05, 4.69) is 15.0 Å². The molecule has 2 aliphatic rings. The molecule has 3 atom stereocenters. The van der Waals surface area contributed by atoms with Gasteiger partial charge in [0.2, 0.25) is 15.9 Å². The fourth-order valence-corrected chi connectivity index (χ4v) is 6.78. The van der Waals surface area contributed by atoms with Crippen molar-refractivity contribution in [2.45, 2.75) is 48.6 Å². The number of aryl methyl sites for hydroxylation is 1. The first-order chi connectivity index (χ1) is 17.9. The van der Waals surface area contributed by atoms with E-state index < -0.39 is 10.0 Å². The molecule has 0 unspecified atom stereocenters. The largest absolute Gasteiger partial charge is 0.352 e. The Hall–Kier alpha value is -3.14. The molecular formula is C28H31FN4O3S. The minimum atomic E-state index is -3.60. The van der Waals surface area contributed by atoms with Crippen molar-refractivity contribution >= 4 is 15.9 Å². The summed E-state index contributed by atoms with van der Waals surface area (Å²) in [5.74, 6) is -0.312. The summed E-state index contributed by atoms with van der Waals surface area (Å²) in [6, 6.07) is 16.8. The minimum absolute atomic E-state index is 0.0153. The molecule has 1 aromatic heterocycles. The van der Waals surface area contributed by atoms with Crippen molar-refractivity contribution < 1.29 is 17.6 Å². The number of likely N-dealkylation sites (tertiary alicyclic amines) is 1. The molecule has 2 N–H and O–H groups in total. The zero-order valence-corrected chi connectivity index (χ0v) is 21.3. The van der Waals surface area contributed by atoms with Gasteiger partial charge in [-0.05, 0) is 72.7 Å². The monoisotopic (exact) mass is 522 g/mol. The van der Waals surface area contributed by atoms with Crippen LogP contribution in [0.1, 0.15) is 35.4 Å². The number of hydrogen-bond donors (Lipinski definition) is 2. The first kappa shape index (κ1) is 25.5. The second kappa shape index (κ2) is 11.1. The van der Waals surface area contributed by atoms with Crippen molar-refractivity contribution in [2.75, 3.05) is 19.6 Å². The number of sulfonamides is 1. The van der Waals surface area contributed by atoms with Crippen LogP contribution in [-0.2, 0) is 27.7 Å². The Morgan fingerprint density at radius 2 is 1.92 bits per heavy atom. The van der Waals surface area contributed by atoms with Crippen LogP contribution in [-0.4, -0.2) is 55.9 Å². The summed E-state index contributed by atoms with van der Waals surface area (Å²) in [6.45, 7) is 1.32. The molecule has 9 heteroatoms. The highest BCUT2D eigenvalue weighted by molar-refractivity contribution is 7.89. The van der Waals surface area contributed by atoms with Gasteiger partial charge in [0.05, 0.1) is 11.4 Å². The summed E-state index contributed by atoms with van der Waals surface area (Å²) in [6.07, 6.45) is 6.34. The van der Waals surface area contributed by atoms with Crippen LogP contribution in [0.15, 0.2) is 78.0 Å². The maximum atomic E-state index is 13.9. The van der Waals surface area contributed by atoms with Crippen LogP contribution in [0.25, 0.3) is 0 Å². The predicted octanol–water partition coefficient (Wildman–Crippen LogP) is 3.03. The molecule has 1 saturated heterocycles. The molecule has 3 aromatic rings. The quantitative estimate of drug-likeness (QED) is 0.475. The van der Waals surface area contributed by atoms with Crippen molar-refractivity contribution in [1.29, 1.82) is 0 Å². The lowest BCUT2D eigenvalue weighted by atomic mass is 9.76. The summed E-state index contributed by atoms with van der Waals surface area (Å²) in [7, 11) is -3.60. The second-order valence-corrected chi connectivity index (χ2v) is 11.6. The van der Waals surface area contributed by atoms with Gasteiger partial charge in [-0.15, -0.1) is 0 Å². The van der Waals surface area contributed by atoms with E-state index in [1.165, 1.54) is 6.07 Å². The van der Waals surface area contributed by atoms with Gasteiger partial charge in [-0.3, -0.25) is 14.7 Å². The van der Waals surface area contributed by atoms with Crippen LogP contribution in [0.5, 0.6) is 0 Å². The topological polar surface area (TPSA) is 91.4 Å². The van der Waals surface area contributed by atoms with Gasteiger partial charge in [0, 0.05) is 43.5 Å². The second-order valence-electron chi connectivity index (χ2n) is 9.88. The smallest absolute Gasteiger partial charge is 0.240 e. The third-order valence-corrected chi connectivity index (χ3v) is 8.79. The lowest BCUT2D eigenvalue weighted by molar-refractivity contribution is -0.123. The van der Waals surface area contributed by atoms with Gasteiger partial charge in [-0.25, -0.2) is 17.5 Å². The number of hydrogen-bond acceptors (Lipinski definition) is 5. The number of nitrogens with one attached hydrogen (secondary N) is 2. The number of benzene rings is 2. The summed E-state index contributed by atoms with van der Waals surface area (Å²) in [5, 5.41) is 3.23. The number of pyridine rings is 1. The molecule has 0 spiro atoms. The Labute approximate surface area is 217 Å². The predicted molar refractivity (Wildman–Crippen MR) is 139 cm³/mol. The standard InChI is InChI=1S/C28H31FN4O3S/c29-22-9-10-25-21(16-22)8-11-27(26(25)15-20-5-4-13-30-17-20)31-28(34)19-33-14-12-23(18-33)32-37(35,36)24-6-2-1-3-7-24/h1-7,9-10,13,16-17,23,26-27,32H,8,11-12,14-15,18-19H2,(H,31,34)/t23-,26+,27-/m1/s1. The lowest BCUT2D eigenvalue weighted by Crippen LogP contribution is -2.46. The molecule has 1 aliphatic heterocycles. The Morgan fingerprint density at radius 3 is 2.70 bits per heavy atom. The molecule has 1 amide bonds. The first-order valence-corrected chi connectivity index (χ1v) is 14.1. The minimum Gasteiger partial charge on any atom is -0.352 e.